The van der Waals surface area contributed by atoms with Gasteiger partial charge in [0.25, 0.3) is 5.69 Å². The number of nitro benzene ring substituents is 1. The van der Waals surface area contributed by atoms with E-state index in [2.05, 4.69) is 6.07 Å². The molecular formula is C20H13ClN2O3. The first-order valence-corrected chi connectivity index (χ1v) is 8.09. The molecule has 0 amide bonds. The van der Waals surface area contributed by atoms with Crippen molar-refractivity contribution in [1.29, 1.82) is 5.26 Å². The molecule has 0 atom stereocenters. The third kappa shape index (κ3) is 3.51. The Morgan fingerprint density at radius 2 is 2.00 bits per heavy atom. The summed E-state index contributed by atoms with van der Waals surface area (Å²) in [5.41, 5.74) is 2.46. The Bertz CT molecular complexity index is 1060. The quantitative estimate of drug-likeness (QED) is 0.329. The topological polar surface area (TPSA) is 80.1 Å². The fourth-order valence-electron chi connectivity index (χ4n) is 2.56. The predicted molar refractivity (Wildman–Crippen MR) is 100 cm³/mol. The lowest BCUT2D eigenvalue weighted by molar-refractivity contribution is -0.384. The van der Waals surface area contributed by atoms with Crippen molar-refractivity contribution in [3.8, 4) is 17.4 Å². The average Bonchev–Trinajstić information content (AvgIpc) is 3.09. The summed E-state index contributed by atoms with van der Waals surface area (Å²) >= 11 is 6.15. The molecule has 1 heterocycles. The molecule has 3 rings (SSSR count). The van der Waals surface area contributed by atoms with Gasteiger partial charge in [0.05, 0.1) is 16.6 Å². The van der Waals surface area contributed by atoms with Crippen LogP contribution in [-0.2, 0) is 0 Å². The Balaban J connectivity index is 2.01. The second-order valence-electron chi connectivity index (χ2n) is 5.61. The summed E-state index contributed by atoms with van der Waals surface area (Å²) in [5, 5.41) is 20.9. The lowest BCUT2D eigenvalue weighted by Gasteiger charge is -2.03. The largest absolute Gasteiger partial charge is 0.457 e. The van der Waals surface area contributed by atoms with E-state index in [9.17, 15) is 15.4 Å². The molecule has 0 saturated carbocycles. The van der Waals surface area contributed by atoms with E-state index < -0.39 is 4.92 Å². The van der Waals surface area contributed by atoms with Crippen molar-refractivity contribution in [2.45, 2.75) is 6.92 Å². The van der Waals surface area contributed by atoms with E-state index in [-0.39, 0.29) is 5.69 Å². The van der Waals surface area contributed by atoms with Crippen LogP contribution in [0.15, 0.2) is 59.0 Å². The maximum atomic E-state index is 11.0. The second kappa shape index (κ2) is 7.26. The van der Waals surface area contributed by atoms with Crippen molar-refractivity contribution >= 4 is 28.9 Å². The van der Waals surface area contributed by atoms with Crippen LogP contribution in [0, 0.1) is 28.4 Å². The van der Waals surface area contributed by atoms with Crippen LogP contribution in [-0.4, -0.2) is 4.92 Å². The number of rotatable bonds is 4. The summed E-state index contributed by atoms with van der Waals surface area (Å²) in [5.74, 6) is 0.955. The number of aryl methyl sites for hydroxylation is 1. The van der Waals surface area contributed by atoms with Gasteiger partial charge in [0.1, 0.15) is 11.5 Å². The molecule has 0 saturated heterocycles. The molecule has 0 spiro atoms. The zero-order chi connectivity index (χ0) is 18.7. The van der Waals surface area contributed by atoms with Crippen molar-refractivity contribution < 1.29 is 9.34 Å². The van der Waals surface area contributed by atoms with E-state index in [4.69, 9.17) is 16.0 Å². The summed E-state index contributed by atoms with van der Waals surface area (Å²) in [4.78, 5) is 10.5. The summed E-state index contributed by atoms with van der Waals surface area (Å²) < 4.78 is 5.79. The number of non-ortho nitro benzene ring substituents is 1. The highest BCUT2D eigenvalue weighted by atomic mass is 35.5. The van der Waals surface area contributed by atoms with Gasteiger partial charge in [-0.15, -0.1) is 0 Å². The van der Waals surface area contributed by atoms with Gasteiger partial charge in [0.15, 0.2) is 0 Å². The Morgan fingerprint density at radius 1 is 1.23 bits per heavy atom. The number of furan rings is 1. The molecule has 0 aliphatic rings. The lowest BCUT2D eigenvalue weighted by atomic mass is 10.1. The van der Waals surface area contributed by atoms with Gasteiger partial charge in [-0.2, -0.15) is 5.26 Å². The average molecular weight is 365 g/mol. The normalized spacial score (nSPS) is 11.2. The molecule has 1 aromatic heterocycles. The molecule has 26 heavy (non-hydrogen) atoms. The Hall–Kier alpha value is -3.36. The van der Waals surface area contributed by atoms with Crippen molar-refractivity contribution in [3.05, 3.63) is 86.6 Å². The summed E-state index contributed by atoms with van der Waals surface area (Å²) in [6, 6.07) is 17.2. The highest BCUT2D eigenvalue weighted by Crippen LogP contribution is 2.31. The minimum atomic E-state index is -0.447. The first-order chi connectivity index (χ1) is 12.5. The molecule has 5 nitrogen and oxygen atoms in total. The maximum absolute atomic E-state index is 11.0. The van der Waals surface area contributed by atoms with Gasteiger partial charge < -0.3 is 4.42 Å². The smallest absolute Gasteiger partial charge is 0.270 e. The molecule has 0 fully saturated rings. The Morgan fingerprint density at radius 3 is 2.69 bits per heavy atom. The molecule has 0 aliphatic heterocycles. The van der Waals surface area contributed by atoms with Crippen LogP contribution in [0.2, 0.25) is 5.02 Å². The molecule has 0 N–H and O–H groups in total. The number of hydrogen-bond acceptors (Lipinski definition) is 4. The van der Waals surface area contributed by atoms with Crippen LogP contribution in [0.4, 0.5) is 5.69 Å². The van der Waals surface area contributed by atoms with Gasteiger partial charge in [-0.1, -0.05) is 35.9 Å². The van der Waals surface area contributed by atoms with Gasteiger partial charge in [-0.3, -0.25) is 10.1 Å². The van der Waals surface area contributed by atoms with Crippen LogP contribution >= 0.6 is 11.6 Å². The van der Waals surface area contributed by atoms with E-state index in [0.29, 0.717) is 33.2 Å². The molecule has 0 bridgehead atoms. The van der Waals surface area contributed by atoms with Crippen molar-refractivity contribution in [1.82, 2.24) is 0 Å². The van der Waals surface area contributed by atoms with Crippen LogP contribution in [0.5, 0.6) is 0 Å². The minimum Gasteiger partial charge on any atom is -0.457 e. The predicted octanol–water partition coefficient (Wildman–Crippen LogP) is 5.88. The third-order valence-electron chi connectivity index (χ3n) is 3.90. The van der Waals surface area contributed by atoms with Crippen LogP contribution in [0.3, 0.4) is 0 Å². The van der Waals surface area contributed by atoms with Gasteiger partial charge in [-0.05, 0) is 36.8 Å². The molecule has 0 unspecified atom stereocenters. The molecule has 0 aliphatic carbocycles. The zero-order valence-electron chi connectivity index (χ0n) is 13.8. The van der Waals surface area contributed by atoms with Crippen molar-refractivity contribution in [2.24, 2.45) is 0 Å². The SMILES string of the molecule is Cc1ccc([N+](=O)[O-])cc1-c1ccc(C=C(C#N)c2ccccc2Cl)o1. The molecule has 2 aromatic carbocycles. The van der Waals surface area contributed by atoms with Crippen molar-refractivity contribution in [3.63, 3.8) is 0 Å². The van der Waals surface area contributed by atoms with Gasteiger partial charge in [0, 0.05) is 28.3 Å². The number of nitrogens with zero attached hydrogens (tertiary/aromatic N) is 2. The summed E-state index contributed by atoms with van der Waals surface area (Å²) in [6.45, 7) is 1.85. The number of nitriles is 1. The van der Waals surface area contributed by atoms with Crippen LogP contribution in [0.1, 0.15) is 16.9 Å². The monoisotopic (exact) mass is 364 g/mol. The molecular weight excluding hydrogens is 352 g/mol. The van der Waals surface area contributed by atoms with Gasteiger partial charge >= 0.3 is 0 Å². The van der Waals surface area contributed by atoms with E-state index >= 15 is 0 Å². The molecule has 128 valence electrons. The fourth-order valence-corrected chi connectivity index (χ4v) is 2.79. The standard InChI is InChI=1S/C20H13ClN2O3/c1-13-6-7-15(23(24)25)11-18(13)20-9-8-16(26-20)10-14(12-22)17-4-2-3-5-19(17)21/h2-11H,1H3. The van der Waals surface area contributed by atoms with Crippen molar-refractivity contribution in [2.75, 3.05) is 0 Å². The number of nitro groups is 1. The first-order valence-electron chi connectivity index (χ1n) is 7.71. The number of allylic oxidation sites excluding steroid dienone is 1. The van der Waals surface area contributed by atoms with E-state index in [1.807, 2.05) is 6.92 Å². The number of benzene rings is 2. The summed E-state index contributed by atoms with van der Waals surface area (Å²) in [6.07, 6.45) is 1.59. The first kappa shape index (κ1) is 17.5. The Kier molecular flexibility index (Phi) is 4.87. The second-order valence-corrected chi connectivity index (χ2v) is 6.02. The van der Waals surface area contributed by atoms with Gasteiger partial charge in [-0.25, -0.2) is 0 Å². The minimum absolute atomic E-state index is 0.00660. The number of hydrogen-bond donors (Lipinski definition) is 0. The Labute approximate surface area is 154 Å². The molecule has 6 heteroatoms. The third-order valence-corrected chi connectivity index (χ3v) is 4.22. The fraction of sp³-hybridized carbons (Fsp3) is 0.0500. The zero-order valence-corrected chi connectivity index (χ0v) is 14.5. The molecule has 0 radical (unpaired) electrons. The highest BCUT2D eigenvalue weighted by Gasteiger charge is 2.13. The highest BCUT2D eigenvalue weighted by molar-refractivity contribution is 6.32. The summed E-state index contributed by atoms with van der Waals surface area (Å²) in [7, 11) is 0. The van der Waals surface area contributed by atoms with E-state index in [0.717, 1.165) is 5.56 Å². The molecule has 3 aromatic rings. The van der Waals surface area contributed by atoms with Crippen LogP contribution in [0.25, 0.3) is 23.0 Å². The van der Waals surface area contributed by atoms with Gasteiger partial charge in [0.2, 0.25) is 0 Å². The van der Waals surface area contributed by atoms with Crippen LogP contribution < -0.4 is 0 Å². The van der Waals surface area contributed by atoms with E-state index in [1.165, 1.54) is 12.1 Å². The van der Waals surface area contributed by atoms with E-state index in [1.54, 1.807) is 48.5 Å². The lowest BCUT2D eigenvalue weighted by Crippen LogP contribution is -1.89. The maximum Gasteiger partial charge on any atom is 0.270 e. The number of halogens is 1.